The minimum Gasteiger partial charge on any atom is -0.285 e. The standard InChI is InChI=1S/C10H10N3O/c1-8-6-11-10(12-7-8)9-2-4-13(14)5-3-9/h2-7,14H,1H3/q+1. The van der Waals surface area contributed by atoms with Crippen LogP contribution in [-0.2, 0) is 0 Å². The highest BCUT2D eigenvalue weighted by Gasteiger charge is 2.02. The lowest BCUT2D eigenvalue weighted by Crippen LogP contribution is -2.27. The number of nitrogens with zero attached hydrogens (tertiary/aromatic N) is 3. The number of hydrogen-bond donors (Lipinski definition) is 1. The third-order valence-electron chi connectivity index (χ3n) is 1.85. The first-order chi connectivity index (χ1) is 6.75. The molecule has 0 aliphatic carbocycles. The van der Waals surface area contributed by atoms with E-state index >= 15 is 0 Å². The monoisotopic (exact) mass is 188 g/mol. The van der Waals surface area contributed by atoms with Gasteiger partial charge in [-0.05, 0) is 12.5 Å². The van der Waals surface area contributed by atoms with Crippen LogP contribution in [0.5, 0.6) is 0 Å². The van der Waals surface area contributed by atoms with Crippen molar-refractivity contribution in [2.75, 3.05) is 0 Å². The van der Waals surface area contributed by atoms with E-state index in [1.807, 2.05) is 6.92 Å². The minimum atomic E-state index is 0.663. The van der Waals surface area contributed by atoms with Crippen LogP contribution in [0.15, 0.2) is 36.9 Å². The first-order valence-electron chi connectivity index (χ1n) is 4.25. The molecule has 2 aromatic rings. The molecule has 0 saturated heterocycles. The SMILES string of the molecule is Cc1cnc(-c2cc[n+](O)cc2)nc1. The Labute approximate surface area is 81.5 Å². The first kappa shape index (κ1) is 8.62. The molecular weight excluding hydrogens is 178 g/mol. The number of hydrogen-bond acceptors (Lipinski definition) is 3. The van der Waals surface area contributed by atoms with E-state index in [0.717, 1.165) is 15.9 Å². The maximum atomic E-state index is 9.02. The van der Waals surface area contributed by atoms with Crippen molar-refractivity contribution >= 4 is 0 Å². The second kappa shape index (κ2) is 3.41. The predicted molar refractivity (Wildman–Crippen MR) is 49.6 cm³/mol. The molecule has 0 spiro atoms. The summed E-state index contributed by atoms with van der Waals surface area (Å²) in [5.41, 5.74) is 1.91. The van der Waals surface area contributed by atoms with Crippen LogP contribution in [0.1, 0.15) is 5.56 Å². The topological polar surface area (TPSA) is 49.9 Å². The summed E-state index contributed by atoms with van der Waals surface area (Å²) in [7, 11) is 0. The van der Waals surface area contributed by atoms with E-state index in [1.54, 1.807) is 36.9 Å². The van der Waals surface area contributed by atoms with Gasteiger partial charge in [0.15, 0.2) is 5.82 Å². The molecule has 0 aromatic carbocycles. The van der Waals surface area contributed by atoms with E-state index in [4.69, 9.17) is 5.21 Å². The van der Waals surface area contributed by atoms with Gasteiger partial charge in [-0.1, -0.05) is 0 Å². The van der Waals surface area contributed by atoms with Crippen molar-refractivity contribution in [1.82, 2.24) is 9.97 Å². The molecule has 2 rings (SSSR count). The molecule has 0 bridgehead atoms. The average Bonchev–Trinajstić information content (AvgIpc) is 2.21. The quantitative estimate of drug-likeness (QED) is 0.536. The Morgan fingerprint density at radius 1 is 1.14 bits per heavy atom. The Kier molecular flexibility index (Phi) is 2.10. The van der Waals surface area contributed by atoms with Gasteiger partial charge in [-0.25, -0.2) is 9.97 Å². The van der Waals surface area contributed by atoms with E-state index in [9.17, 15) is 0 Å². The van der Waals surface area contributed by atoms with Gasteiger partial charge in [0.2, 0.25) is 12.4 Å². The first-order valence-corrected chi connectivity index (χ1v) is 4.25. The van der Waals surface area contributed by atoms with Crippen molar-refractivity contribution in [3.8, 4) is 11.4 Å². The van der Waals surface area contributed by atoms with Crippen LogP contribution in [0, 0.1) is 6.92 Å². The fourth-order valence-corrected chi connectivity index (χ4v) is 1.11. The molecule has 4 heteroatoms. The fourth-order valence-electron chi connectivity index (χ4n) is 1.11. The van der Waals surface area contributed by atoms with Crippen molar-refractivity contribution in [2.45, 2.75) is 6.92 Å². The smallest absolute Gasteiger partial charge is 0.222 e. The van der Waals surface area contributed by atoms with Crippen LogP contribution in [0.2, 0.25) is 0 Å². The Balaban J connectivity index is 2.40. The number of pyridine rings is 1. The van der Waals surface area contributed by atoms with Gasteiger partial charge in [-0.3, -0.25) is 5.21 Å². The summed E-state index contributed by atoms with van der Waals surface area (Å²) in [5, 5.41) is 9.02. The van der Waals surface area contributed by atoms with Gasteiger partial charge < -0.3 is 0 Å². The molecule has 0 fully saturated rings. The zero-order valence-corrected chi connectivity index (χ0v) is 7.75. The van der Waals surface area contributed by atoms with Gasteiger partial charge in [0, 0.05) is 34.8 Å². The molecule has 70 valence electrons. The average molecular weight is 188 g/mol. The predicted octanol–water partition coefficient (Wildman–Crippen LogP) is 0.977. The van der Waals surface area contributed by atoms with Gasteiger partial charge >= 0.3 is 0 Å². The maximum Gasteiger partial charge on any atom is 0.222 e. The highest BCUT2D eigenvalue weighted by Crippen LogP contribution is 2.11. The lowest BCUT2D eigenvalue weighted by atomic mass is 10.2. The molecule has 0 radical (unpaired) electrons. The van der Waals surface area contributed by atoms with Crippen molar-refractivity contribution in [3.05, 3.63) is 42.5 Å². The largest absolute Gasteiger partial charge is 0.285 e. The molecule has 2 aromatic heterocycles. The van der Waals surface area contributed by atoms with Gasteiger partial charge in [0.25, 0.3) is 0 Å². The Morgan fingerprint density at radius 2 is 1.71 bits per heavy atom. The Bertz CT molecular complexity index is 379. The van der Waals surface area contributed by atoms with Crippen LogP contribution in [-0.4, -0.2) is 15.2 Å². The molecule has 0 atom stereocenters. The van der Waals surface area contributed by atoms with Gasteiger partial charge in [0.05, 0.1) is 0 Å². The molecule has 0 amide bonds. The summed E-state index contributed by atoms with van der Waals surface area (Å²) in [6.07, 6.45) is 6.61. The van der Waals surface area contributed by atoms with Crippen LogP contribution >= 0.6 is 0 Å². The highest BCUT2D eigenvalue weighted by atomic mass is 16.5. The third kappa shape index (κ3) is 1.69. The van der Waals surface area contributed by atoms with Crippen molar-refractivity contribution in [2.24, 2.45) is 0 Å². The zero-order valence-electron chi connectivity index (χ0n) is 7.75. The zero-order chi connectivity index (χ0) is 9.97. The summed E-state index contributed by atoms with van der Waals surface area (Å²) in [6.45, 7) is 1.94. The highest BCUT2D eigenvalue weighted by molar-refractivity contribution is 5.52. The molecular formula is C10H10N3O+. The van der Waals surface area contributed by atoms with Gasteiger partial charge in [-0.15, -0.1) is 0 Å². The third-order valence-corrected chi connectivity index (χ3v) is 1.85. The van der Waals surface area contributed by atoms with E-state index in [-0.39, 0.29) is 0 Å². The Hall–Kier alpha value is -1.97. The van der Waals surface area contributed by atoms with E-state index in [0.29, 0.717) is 5.82 Å². The summed E-state index contributed by atoms with van der Waals surface area (Å²) >= 11 is 0. The second-order valence-electron chi connectivity index (χ2n) is 3.05. The molecule has 4 nitrogen and oxygen atoms in total. The molecule has 1 N–H and O–H groups in total. The molecule has 0 aliphatic rings. The van der Waals surface area contributed by atoms with Crippen LogP contribution in [0.25, 0.3) is 11.4 Å². The molecule has 0 unspecified atom stereocenters. The van der Waals surface area contributed by atoms with Crippen LogP contribution < -0.4 is 4.73 Å². The second-order valence-corrected chi connectivity index (χ2v) is 3.05. The molecule has 2 heterocycles. The molecule has 14 heavy (non-hydrogen) atoms. The van der Waals surface area contributed by atoms with Crippen molar-refractivity contribution in [1.29, 1.82) is 0 Å². The van der Waals surface area contributed by atoms with E-state index in [2.05, 4.69) is 9.97 Å². The normalized spacial score (nSPS) is 10.1. The molecule has 0 saturated carbocycles. The Morgan fingerprint density at radius 3 is 2.29 bits per heavy atom. The van der Waals surface area contributed by atoms with Gasteiger partial charge in [0.1, 0.15) is 0 Å². The summed E-state index contributed by atoms with van der Waals surface area (Å²) in [4.78, 5) is 8.35. The summed E-state index contributed by atoms with van der Waals surface area (Å²) < 4.78 is 0.984. The lowest BCUT2D eigenvalue weighted by Gasteiger charge is -1.97. The van der Waals surface area contributed by atoms with Crippen LogP contribution in [0.4, 0.5) is 0 Å². The maximum absolute atomic E-state index is 9.02. The summed E-state index contributed by atoms with van der Waals surface area (Å²) in [6, 6.07) is 3.51. The number of aryl methyl sites for hydroxylation is 1. The van der Waals surface area contributed by atoms with E-state index in [1.165, 1.54) is 0 Å². The lowest BCUT2D eigenvalue weighted by molar-refractivity contribution is -0.904. The van der Waals surface area contributed by atoms with Crippen molar-refractivity contribution < 1.29 is 9.94 Å². The van der Waals surface area contributed by atoms with Gasteiger partial charge in [-0.2, -0.15) is 0 Å². The number of aromatic nitrogens is 3. The minimum absolute atomic E-state index is 0.663. The molecule has 0 aliphatic heterocycles. The summed E-state index contributed by atoms with van der Waals surface area (Å²) in [5.74, 6) is 0.663. The van der Waals surface area contributed by atoms with Crippen LogP contribution in [0.3, 0.4) is 0 Å². The fraction of sp³-hybridized carbons (Fsp3) is 0.100. The number of rotatable bonds is 1. The van der Waals surface area contributed by atoms with Crippen molar-refractivity contribution in [3.63, 3.8) is 0 Å². The van der Waals surface area contributed by atoms with E-state index < -0.39 is 0 Å².